The highest BCUT2D eigenvalue weighted by Gasteiger charge is 2.41. The lowest BCUT2D eigenvalue weighted by Gasteiger charge is -2.34. The molecule has 2 amide bonds. The van der Waals surface area contributed by atoms with Gasteiger partial charge in [-0.3, -0.25) is 9.59 Å². The average Bonchev–Trinajstić information content (AvgIpc) is 3.86. The van der Waals surface area contributed by atoms with Gasteiger partial charge in [0.2, 0.25) is 15.9 Å². The number of fused-ring (bicyclic) bond motifs is 1. The summed E-state index contributed by atoms with van der Waals surface area (Å²) < 4.78 is 37.0. The van der Waals surface area contributed by atoms with E-state index in [0.717, 1.165) is 34.9 Å². The van der Waals surface area contributed by atoms with Gasteiger partial charge in [-0.15, -0.1) is 0 Å². The number of piperidine rings is 1. The lowest BCUT2D eigenvalue weighted by molar-refractivity contribution is -0.137. The van der Waals surface area contributed by atoms with Gasteiger partial charge >= 0.3 is 0 Å². The van der Waals surface area contributed by atoms with Crippen molar-refractivity contribution < 1.29 is 22.7 Å². The number of para-hydroxylation sites is 1. The van der Waals surface area contributed by atoms with Crippen LogP contribution >= 0.6 is 0 Å². The second-order valence-electron chi connectivity index (χ2n) is 12.7. The van der Waals surface area contributed by atoms with Gasteiger partial charge in [-0.2, -0.15) is 0 Å². The minimum atomic E-state index is -3.81. The van der Waals surface area contributed by atoms with Crippen molar-refractivity contribution in [3.63, 3.8) is 0 Å². The SMILES string of the molecule is COc1ccc(C(C)(C(=O)N2CCCC2)n2cnc(NC(=O)C(Cc3c[nH]c4ccccc34)NS(=O)(=O)C3CCN(C)CC3)c2)cc1. The Bertz CT molecular complexity index is 1820. The summed E-state index contributed by atoms with van der Waals surface area (Å²) in [5.74, 6) is 0.284. The molecule has 0 spiro atoms. The number of benzene rings is 2. The van der Waals surface area contributed by atoms with Crippen molar-refractivity contribution in [2.45, 2.75) is 55.9 Å². The maximum atomic E-state index is 14.1. The van der Waals surface area contributed by atoms with Gasteiger partial charge in [0.25, 0.3) is 5.91 Å². The number of hydrogen-bond donors (Lipinski definition) is 3. The zero-order valence-corrected chi connectivity index (χ0v) is 27.9. The highest BCUT2D eigenvalue weighted by molar-refractivity contribution is 7.90. The second-order valence-corrected chi connectivity index (χ2v) is 14.7. The molecule has 2 unspecified atom stereocenters. The van der Waals surface area contributed by atoms with E-state index in [1.165, 1.54) is 6.33 Å². The van der Waals surface area contributed by atoms with E-state index in [1.54, 1.807) is 17.9 Å². The first-order chi connectivity index (χ1) is 22.6. The molecular formula is C34H43N7O5S. The Hall–Kier alpha value is -4.20. The number of H-pyrrole nitrogens is 1. The summed E-state index contributed by atoms with van der Waals surface area (Å²) in [4.78, 5) is 39.6. The summed E-state index contributed by atoms with van der Waals surface area (Å²) in [7, 11) is -0.249. The summed E-state index contributed by atoms with van der Waals surface area (Å²) in [6.07, 6.45) is 7.99. The fourth-order valence-electron chi connectivity index (χ4n) is 6.67. The molecule has 2 aromatic carbocycles. The molecule has 2 aromatic heterocycles. The van der Waals surface area contributed by atoms with Crippen LogP contribution in [-0.2, 0) is 31.6 Å². The first-order valence-corrected chi connectivity index (χ1v) is 17.7. The summed E-state index contributed by atoms with van der Waals surface area (Å²) in [6.45, 7) is 4.54. The Morgan fingerprint density at radius 1 is 1.06 bits per heavy atom. The van der Waals surface area contributed by atoms with Crippen LogP contribution in [0, 0.1) is 0 Å². The Morgan fingerprint density at radius 2 is 1.77 bits per heavy atom. The molecule has 0 aliphatic carbocycles. The van der Waals surface area contributed by atoms with Gasteiger partial charge in [-0.05, 0) is 88.5 Å². The van der Waals surface area contributed by atoms with Crippen molar-refractivity contribution in [1.82, 2.24) is 29.1 Å². The maximum Gasteiger partial charge on any atom is 0.253 e. The number of aromatic nitrogens is 3. The molecule has 2 aliphatic rings. The highest BCUT2D eigenvalue weighted by atomic mass is 32.2. The van der Waals surface area contributed by atoms with Gasteiger partial charge in [0.1, 0.15) is 17.3 Å². The predicted molar refractivity (Wildman–Crippen MR) is 181 cm³/mol. The second kappa shape index (κ2) is 13.5. The van der Waals surface area contributed by atoms with Crippen molar-refractivity contribution in [3.05, 3.63) is 78.4 Å². The molecule has 2 atom stereocenters. The number of ether oxygens (including phenoxy) is 1. The van der Waals surface area contributed by atoms with E-state index in [4.69, 9.17) is 4.74 Å². The van der Waals surface area contributed by atoms with Crippen molar-refractivity contribution in [3.8, 4) is 5.75 Å². The third-order valence-electron chi connectivity index (χ3n) is 9.64. The van der Waals surface area contributed by atoms with Gasteiger partial charge in [-0.1, -0.05) is 30.3 Å². The Labute approximate surface area is 275 Å². The number of likely N-dealkylation sites (tertiary alicyclic amines) is 2. The fraction of sp³-hybridized carbons (Fsp3) is 0.441. The minimum absolute atomic E-state index is 0.0708. The maximum absolute atomic E-state index is 14.1. The van der Waals surface area contributed by atoms with Crippen LogP contribution in [0.1, 0.15) is 43.7 Å². The first-order valence-electron chi connectivity index (χ1n) is 16.1. The molecule has 2 saturated heterocycles. The van der Waals surface area contributed by atoms with Crippen molar-refractivity contribution in [1.29, 1.82) is 0 Å². The molecule has 4 aromatic rings. The number of nitrogens with one attached hydrogen (secondary N) is 3. The number of anilines is 1. The third-order valence-corrected chi connectivity index (χ3v) is 11.6. The monoisotopic (exact) mass is 661 g/mol. The van der Waals surface area contributed by atoms with Crippen LogP contribution in [0.5, 0.6) is 5.75 Å². The Balaban J connectivity index is 1.28. The van der Waals surface area contributed by atoms with E-state index in [-0.39, 0.29) is 18.1 Å². The van der Waals surface area contributed by atoms with Gasteiger partial charge in [0.15, 0.2) is 5.82 Å². The minimum Gasteiger partial charge on any atom is -0.497 e. The first kappa shape index (κ1) is 32.7. The molecule has 3 N–H and O–H groups in total. The molecule has 47 heavy (non-hydrogen) atoms. The van der Waals surface area contributed by atoms with Crippen LogP contribution in [0.2, 0.25) is 0 Å². The summed E-state index contributed by atoms with van der Waals surface area (Å²) in [5, 5.41) is 3.18. The fourth-order valence-corrected chi connectivity index (χ4v) is 8.28. The summed E-state index contributed by atoms with van der Waals surface area (Å²) >= 11 is 0. The van der Waals surface area contributed by atoms with E-state index in [9.17, 15) is 18.0 Å². The molecule has 0 bridgehead atoms. The van der Waals surface area contributed by atoms with Gasteiger partial charge in [0.05, 0.1) is 18.7 Å². The number of hydrogen-bond acceptors (Lipinski definition) is 7. The van der Waals surface area contributed by atoms with Gasteiger partial charge in [0, 0.05) is 36.4 Å². The Kier molecular flexibility index (Phi) is 9.40. The van der Waals surface area contributed by atoms with Crippen LogP contribution in [0.3, 0.4) is 0 Å². The number of rotatable bonds is 11. The number of methoxy groups -OCH3 is 1. The van der Waals surface area contributed by atoms with E-state index >= 15 is 0 Å². The average molecular weight is 662 g/mol. The van der Waals surface area contributed by atoms with E-state index in [1.807, 2.05) is 73.6 Å². The van der Waals surface area contributed by atoms with E-state index in [2.05, 4.69) is 24.9 Å². The molecule has 13 heteroatoms. The van der Waals surface area contributed by atoms with Crippen LogP contribution in [0.4, 0.5) is 5.82 Å². The highest BCUT2D eigenvalue weighted by Crippen LogP contribution is 2.32. The Morgan fingerprint density at radius 3 is 2.47 bits per heavy atom. The summed E-state index contributed by atoms with van der Waals surface area (Å²) in [5.41, 5.74) is 1.32. The number of carbonyl (C=O) groups is 2. The molecule has 0 radical (unpaired) electrons. The molecule has 4 heterocycles. The van der Waals surface area contributed by atoms with Gasteiger partial charge < -0.3 is 29.4 Å². The normalized spacial score (nSPS) is 18.2. The topological polar surface area (TPSA) is 142 Å². The zero-order chi connectivity index (χ0) is 33.2. The summed E-state index contributed by atoms with van der Waals surface area (Å²) in [6, 6.07) is 14.0. The standard InChI is InChI=1S/C34H43N7O5S/c1-34(33(43)40-16-6-7-17-40,25-10-12-26(46-3)13-11-25)41-22-31(36-23-41)37-32(42)30(20-24-21-35-29-9-5-4-8-28(24)29)38-47(44,45)27-14-18-39(2)19-15-27/h4-5,8-13,21-23,27,30,35,38H,6-7,14-20H2,1-3H3,(H,37,42). The molecule has 250 valence electrons. The molecule has 2 fully saturated rings. The smallest absolute Gasteiger partial charge is 0.253 e. The number of sulfonamides is 1. The number of nitrogens with zero attached hydrogens (tertiary/aromatic N) is 4. The lowest BCUT2D eigenvalue weighted by Crippen LogP contribution is -2.50. The molecule has 2 aliphatic heterocycles. The quantitative estimate of drug-likeness (QED) is 0.224. The lowest BCUT2D eigenvalue weighted by atomic mass is 9.90. The number of imidazole rings is 1. The molecule has 12 nitrogen and oxygen atoms in total. The molecular weight excluding hydrogens is 618 g/mol. The van der Waals surface area contributed by atoms with E-state index in [0.29, 0.717) is 44.8 Å². The molecule has 6 rings (SSSR count). The van der Waals surface area contributed by atoms with Crippen LogP contribution < -0.4 is 14.8 Å². The van der Waals surface area contributed by atoms with E-state index < -0.39 is 32.8 Å². The van der Waals surface area contributed by atoms with Crippen LogP contribution in [0.15, 0.2) is 67.3 Å². The van der Waals surface area contributed by atoms with Crippen molar-refractivity contribution >= 4 is 38.6 Å². The van der Waals surface area contributed by atoms with Crippen LogP contribution in [0.25, 0.3) is 10.9 Å². The zero-order valence-electron chi connectivity index (χ0n) is 27.1. The number of aromatic amines is 1. The molecule has 0 saturated carbocycles. The van der Waals surface area contributed by atoms with Crippen molar-refractivity contribution in [2.75, 3.05) is 45.7 Å². The van der Waals surface area contributed by atoms with Crippen LogP contribution in [-0.4, -0.2) is 96.2 Å². The third kappa shape index (κ3) is 6.78. The predicted octanol–water partition coefficient (Wildman–Crippen LogP) is 3.32. The van der Waals surface area contributed by atoms with Crippen molar-refractivity contribution in [2.24, 2.45) is 0 Å². The van der Waals surface area contributed by atoms with Gasteiger partial charge in [-0.25, -0.2) is 18.1 Å². The largest absolute Gasteiger partial charge is 0.497 e. The number of carbonyl (C=O) groups excluding carboxylic acids is 2. The number of amides is 2.